The molecule has 2 bridgehead atoms. The molecule has 4 atom stereocenters. The Morgan fingerprint density at radius 1 is 1.33 bits per heavy atom. The third-order valence-corrected chi connectivity index (χ3v) is 5.99. The molecule has 2 aliphatic carbocycles. The molecule has 2 aliphatic rings. The fourth-order valence-electron chi connectivity index (χ4n) is 4.86. The second kappa shape index (κ2) is 6.25. The maximum atomic E-state index is 12.8. The fourth-order valence-corrected chi connectivity index (χ4v) is 4.86. The summed E-state index contributed by atoms with van der Waals surface area (Å²) in [5.41, 5.74) is 1.58. The van der Waals surface area contributed by atoms with Gasteiger partial charge in [-0.05, 0) is 50.0 Å². The van der Waals surface area contributed by atoms with Crippen LogP contribution < -0.4 is 5.32 Å². The maximum absolute atomic E-state index is 12.8. The van der Waals surface area contributed by atoms with E-state index in [0.717, 1.165) is 28.4 Å². The molecule has 0 saturated heterocycles. The lowest BCUT2D eigenvalue weighted by atomic mass is 9.84. The molecule has 0 spiro atoms. The Balaban J connectivity index is 1.55. The Morgan fingerprint density at radius 2 is 2.17 bits per heavy atom. The van der Waals surface area contributed by atoms with Gasteiger partial charge < -0.3 is 14.5 Å². The SMILES string of the molecule is COCc1c(C(=O)NC(C)C2CC3CCC2C3)oc2ccccc12. The number of rotatable bonds is 5. The van der Waals surface area contributed by atoms with E-state index in [1.165, 1.54) is 25.7 Å². The zero-order valence-electron chi connectivity index (χ0n) is 14.4. The van der Waals surface area contributed by atoms with Gasteiger partial charge in [0.2, 0.25) is 0 Å². The Morgan fingerprint density at radius 3 is 2.88 bits per heavy atom. The van der Waals surface area contributed by atoms with Gasteiger partial charge in [-0.3, -0.25) is 4.79 Å². The van der Waals surface area contributed by atoms with Crippen LogP contribution in [0.3, 0.4) is 0 Å². The lowest BCUT2D eigenvalue weighted by molar-refractivity contribution is 0.0883. The highest BCUT2D eigenvalue weighted by Crippen LogP contribution is 2.49. The molecule has 4 unspecified atom stereocenters. The lowest BCUT2D eigenvalue weighted by Gasteiger charge is -2.28. The monoisotopic (exact) mass is 327 g/mol. The number of benzene rings is 1. The lowest BCUT2D eigenvalue weighted by Crippen LogP contribution is -2.40. The quantitative estimate of drug-likeness (QED) is 0.898. The van der Waals surface area contributed by atoms with Gasteiger partial charge in [-0.2, -0.15) is 0 Å². The van der Waals surface area contributed by atoms with Crippen molar-refractivity contribution in [1.82, 2.24) is 5.32 Å². The molecule has 1 heterocycles. The summed E-state index contributed by atoms with van der Waals surface area (Å²) >= 11 is 0. The van der Waals surface area contributed by atoms with E-state index < -0.39 is 0 Å². The second-order valence-electron chi connectivity index (χ2n) is 7.44. The molecule has 24 heavy (non-hydrogen) atoms. The van der Waals surface area contributed by atoms with Crippen LogP contribution >= 0.6 is 0 Å². The number of carbonyl (C=O) groups excluding carboxylic acids is 1. The van der Waals surface area contributed by atoms with E-state index in [9.17, 15) is 4.79 Å². The summed E-state index contributed by atoms with van der Waals surface area (Å²) in [6, 6.07) is 7.93. The van der Waals surface area contributed by atoms with Gasteiger partial charge >= 0.3 is 0 Å². The predicted molar refractivity (Wildman–Crippen MR) is 92.8 cm³/mol. The highest BCUT2D eigenvalue weighted by Gasteiger charge is 2.42. The number of hydrogen-bond acceptors (Lipinski definition) is 3. The van der Waals surface area contributed by atoms with Gasteiger partial charge in [-0.1, -0.05) is 24.6 Å². The largest absolute Gasteiger partial charge is 0.451 e. The van der Waals surface area contributed by atoms with Crippen molar-refractivity contribution < 1.29 is 13.9 Å². The van der Waals surface area contributed by atoms with E-state index in [2.05, 4.69) is 12.2 Å². The van der Waals surface area contributed by atoms with Crippen molar-refractivity contribution in [3.63, 3.8) is 0 Å². The first-order valence-electron chi connectivity index (χ1n) is 8.97. The average Bonchev–Trinajstić information content (AvgIpc) is 3.29. The standard InChI is InChI=1S/C20H25NO3/c1-12(16-10-13-7-8-14(16)9-13)21-20(22)19-17(11-23-2)15-5-3-4-6-18(15)24-19/h3-6,12-14,16H,7-11H2,1-2H3,(H,21,22). The Kier molecular flexibility index (Phi) is 4.09. The first kappa shape index (κ1) is 15.7. The minimum atomic E-state index is -0.117. The molecular formula is C20H25NO3. The number of fused-ring (bicyclic) bond motifs is 3. The summed E-state index contributed by atoms with van der Waals surface area (Å²) < 4.78 is 11.1. The fraction of sp³-hybridized carbons (Fsp3) is 0.550. The summed E-state index contributed by atoms with van der Waals surface area (Å²) in [4.78, 5) is 12.8. The van der Waals surface area contributed by atoms with Gasteiger partial charge in [0.1, 0.15) is 5.58 Å². The number of methoxy groups -OCH3 is 1. The van der Waals surface area contributed by atoms with E-state index in [1.807, 2.05) is 24.3 Å². The molecule has 2 saturated carbocycles. The van der Waals surface area contributed by atoms with Crippen LogP contribution in [0, 0.1) is 17.8 Å². The van der Waals surface area contributed by atoms with Crippen LogP contribution in [0.2, 0.25) is 0 Å². The number of furan rings is 1. The summed E-state index contributed by atoms with van der Waals surface area (Å²) in [6.07, 6.45) is 5.32. The van der Waals surface area contributed by atoms with Crippen LogP contribution in [0.15, 0.2) is 28.7 Å². The first-order chi connectivity index (χ1) is 11.7. The van der Waals surface area contributed by atoms with Gasteiger partial charge in [0.15, 0.2) is 5.76 Å². The molecule has 1 N–H and O–H groups in total. The minimum absolute atomic E-state index is 0.117. The third-order valence-electron chi connectivity index (χ3n) is 5.99. The van der Waals surface area contributed by atoms with Gasteiger partial charge in [0, 0.05) is 24.1 Å². The maximum Gasteiger partial charge on any atom is 0.287 e. The topological polar surface area (TPSA) is 51.5 Å². The van der Waals surface area contributed by atoms with Crippen molar-refractivity contribution in [2.45, 2.75) is 45.3 Å². The van der Waals surface area contributed by atoms with Crippen molar-refractivity contribution in [3.05, 3.63) is 35.6 Å². The number of amides is 1. The van der Waals surface area contributed by atoms with Crippen molar-refractivity contribution in [2.75, 3.05) is 7.11 Å². The first-order valence-corrected chi connectivity index (χ1v) is 8.97. The van der Waals surface area contributed by atoms with Crippen LogP contribution in [0.4, 0.5) is 0 Å². The predicted octanol–water partition coefficient (Wildman–Crippen LogP) is 4.13. The minimum Gasteiger partial charge on any atom is -0.451 e. The molecule has 0 aliphatic heterocycles. The summed E-state index contributed by atoms with van der Waals surface area (Å²) in [7, 11) is 1.64. The molecule has 2 aromatic rings. The third kappa shape index (κ3) is 2.63. The van der Waals surface area contributed by atoms with Crippen LogP contribution in [0.5, 0.6) is 0 Å². The van der Waals surface area contributed by atoms with Gasteiger partial charge in [-0.15, -0.1) is 0 Å². The molecule has 1 amide bonds. The highest BCUT2D eigenvalue weighted by molar-refractivity contribution is 5.99. The van der Waals surface area contributed by atoms with Crippen LogP contribution in [0.25, 0.3) is 11.0 Å². The number of carbonyl (C=O) groups is 1. The van der Waals surface area contributed by atoms with E-state index in [-0.39, 0.29) is 11.9 Å². The average molecular weight is 327 g/mol. The Bertz CT molecular complexity index is 750. The second-order valence-corrected chi connectivity index (χ2v) is 7.44. The van der Waals surface area contributed by atoms with E-state index in [0.29, 0.717) is 18.3 Å². The molecule has 1 aromatic heterocycles. The zero-order chi connectivity index (χ0) is 16.7. The molecule has 1 aromatic carbocycles. The molecule has 4 rings (SSSR count). The number of ether oxygens (including phenoxy) is 1. The molecule has 0 radical (unpaired) electrons. The Labute approximate surface area is 142 Å². The van der Waals surface area contributed by atoms with E-state index in [1.54, 1.807) is 7.11 Å². The highest BCUT2D eigenvalue weighted by atomic mass is 16.5. The van der Waals surface area contributed by atoms with Crippen molar-refractivity contribution in [2.24, 2.45) is 17.8 Å². The number of hydrogen-bond donors (Lipinski definition) is 1. The number of nitrogens with one attached hydrogen (secondary N) is 1. The summed E-state index contributed by atoms with van der Waals surface area (Å²) in [6.45, 7) is 2.52. The van der Waals surface area contributed by atoms with Crippen LogP contribution in [-0.4, -0.2) is 19.1 Å². The molecule has 4 heteroatoms. The van der Waals surface area contributed by atoms with Gasteiger partial charge in [0.05, 0.1) is 6.61 Å². The van der Waals surface area contributed by atoms with E-state index >= 15 is 0 Å². The van der Waals surface area contributed by atoms with Crippen molar-refractivity contribution in [1.29, 1.82) is 0 Å². The van der Waals surface area contributed by atoms with E-state index in [4.69, 9.17) is 9.15 Å². The smallest absolute Gasteiger partial charge is 0.287 e. The van der Waals surface area contributed by atoms with Crippen molar-refractivity contribution in [3.8, 4) is 0 Å². The molecule has 2 fully saturated rings. The molecular weight excluding hydrogens is 302 g/mol. The molecule has 4 nitrogen and oxygen atoms in total. The summed E-state index contributed by atoms with van der Waals surface area (Å²) in [5, 5.41) is 4.15. The Hall–Kier alpha value is -1.81. The number of para-hydroxylation sites is 1. The van der Waals surface area contributed by atoms with Gasteiger partial charge in [-0.25, -0.2) is 0 Å². The van der Waals surface area contributed by atoms with Gasteiger partial charge in [0.25, 0.3) is 5.91 Å². The zero-order valence-corrected chi connectivity index (χ0v) is 14.4. The summed E-state index contributed by atoms with van der Waals surface area (Å²) in [5.74, 6) is 2.57. The van der Waals surface area contributed by atoms with Crippen molar-refractivity contribution >= 4 is 16.9 Å². The van der Waals surface area contributed by atoms with Crippen LogP contribution in [0.1, 0.15) is 48.7 Å². The van der Waals surface area contributed by atoms with Crippen LogP contribution in [-0.2, 0) is 11.3 Å². The normalized spacial score (nSPS) is 26.8. The molecule has 128 valence electrons.